The SMILES string of the molecule is Cc1ccccc1C(NC(=O)c1ccc(N(Cc2ccccc2Cl)S(C)(=O)=O)cc1)c1ccccc1. The molecule has 0 radical (unpaired) electrons. The molecule has 7 heteroatoms. The van der Waals surface area contributed by atoms with Gasteiger partial charge in [-0.1, -0.05) is 84.4 Å². The molecule has 0 saturated heterocycles. The van der Waals surface area contributed by atoms with Crippen LogP contribution >= 0.6 is 11.6 Å². The van der Waals surface area contributed by atoms with E-state index in [0.717, 1.165) is 22.9 Å². The first kappa shape index (κ1) is 25.5. The number of aryl methyl sites for hydroxylation is 1. The summed E-state index contributed by atoms with van der Waals surface area (Å²) in [6.07, 6.45) is 1.15. The number of hydrogen-bond donors (Lipinski definition) is 1. The number of anilines is 1. The molecule has 1 N–H and O–H groups in total. The Morgan fingerprint density at radius 3 is 2.11 bits per heavy atom. The molecular weight excluding hydrogens is 492 g/mol. The van der Waals surface area contributed by atoms with Crippen LogP contribution in [0.25, 0.3) is 0 Å². The molecule has 0 aliphatic carbocycles. The molecule has 0 aromatic heterocycles. The average Bonchev–Trinajstić information content (AvgIpc) is 2.87. The zero-order chi connectivity index (χ0) is 25.7. The molecule has 0 saturated carbocycles. The number of nitrogens with one attached hydrogen (secondary N) is 1. The molecule has 0 aliphatic heterocycles. The summed E-state index contributed by atoms with van der Waals surface area (Å²) in [6, 6.07) is 31.1. The third kappa shape index (κ3) is 5.96. The Bertz CT molecular complexity index is 1460. The standard InChI is InChI=1S/C29H27ClN2O3S/c1-21-10-6-8-14-26(21)28(22-11-4-3-5-12-22)31-29(33)23-16-18-25(19-17-23)32(36(2,34)35)20-24-13-7-9-15-27(24)30/h3-19,28H,20H2,1-2H3,(H,31,33). The van der Waals surface area contributed by atoms with E-state index < -0.39 is 10.0 Å². The van der Waals surface area contributed by atoms with Crippen LogP contribution in [0.1, 0.15) is 38.7 Å². The monoisotopic (exact) mass is 518 g/mol. The minimum atomic E-state index is -3.59. The molecule has 0 fully saturated rings. The number of halogens is 1. The summed E-state index contributed by atoms with van der Waals surface area (Å²) in [5.41, 5.74) is 4.63. The lowest BCUT2D eigenvalue weighted by molar-refractivity contribution is 0.0943. The third-order valence-electron chi connectivity index (χ3n) is 6.00. The predicted molar refractivity (Wildman–Crippen MR) is 146 cm³/mol. The summed E-state index contributed by atoms with van der Waals surface area (Å²) in [5.74, 6) is -0.254. The van der Waals surface area contributed by atoms with E-state index in [1.807, 2.05) is 67.6 Å². The number of carbonyl (C=O) groups excluding carboxylic acids is 1. The lowest BCUT2D eigenvalue weighted by Gasteiger charge is -2.24. The first-order valence-electron chi connectivity index (χ1n) is 11.5. The number of benzene rings is 4. The van der Waals surface area contributed by atoms with Crippen molar-refractivity contribution in [1.82, 2.24) is 5.32 Å². The van der Waals surface area contributed by atoms with E-state index in [1.165, 1.54) is 4.31 Å². The molecule has 4 aromatic carbocycles. The molecule has 0 bridgehead atoms. The number of rotatable bonds is 8. The molecule has 184 valence electrons. The van der Waals surface area contributed by atoms with Crippen LogP contribution in [0.3, 0.4) is 0 Å². The minimum absolute atomic E-state index is 0.0907. The maximum atomic E-state index is 13.3. The topological polar surface area (TPSA) is 66.5 Å². The Morgan fingerprint density at radius 2 is 1.47 bits per heavy atom. The zero-order valence-electron chi connectivity index (χ0n) is 20.1. The van der Waals surface area contributed by atoms with Gasteiger partial charge >= 0.3 is 0 Å². The first-order chi connectivity index (χ1) is 17.2. The fraction of sp³-hybridized carbons (Fsp3) is 0.138. The van der Waals surface area contributed by atoms with Gasteiger partial charge < -0.3 is 5.32 Å². The van der Waals surface area contributed by atoms with Gasteiger partial charge in [0.25, 0.3) is 5.91 Å². The van der Waals surface area contributed by atoms with Crippen LogP contribution < -0.4 is 9.62 Å². The van der Waals surface area contributed by atoms with Gasteiger partial charge in [0.05, 0.1) is 24.5 Å². The summed E-state index contributed by atoms with van der Waals surface area (Å²) in [7, 11) is -3.59. The van der Waals surface area contributed by atoms with E-state index in [4.69, 9.17) is 11.6 Å². The lowest BCUT2D eigenvalue weighted by Crippen LogP contribution is -2.31. The molecule has 0 aliphatic rings. The third-order valence-corrected chi connectivity index (χ3v) is 7.51. The van der Waals surface area contributed by atoms with Gasteiger partial charge in [0.1, 0.15) is 0 Å². The van der Waals surface area contributed by atoms with Gasteiger partial charge in [-0.15, -0.1) is 0 Å². The van der Waals surface area contributed by atoms with Gasteiger partial charge in [0.2, 0.25) is 10.0 Å². The zero-order valence-corrected chi connectivity index (χ0v) is 21.6. The van der Waals surface area contributed by atoms with Crippen molar-refractivity contribution in [3.8, 4) is 0 Å². The molecule has 1 atom stereocenters. The fourth-order valence-electron chi connectivity index (χ4n) is 4.07. The van der Waals surface area contributed by atoms with E-state index in [-0.39, 0.29) is 18.5 Å². The number of hydrogen-bond acceptors (Lipinski definition) is 3. The number of amides is 1. The van der Waals surface area contributed by atoms with Crippen molar-refractivity contribution in [2.45, 2.75) is 19.5 Å². The van der Waals surface area contributed by atoms with Crippen molar-refractivity contribution in [3.63, 3.8) is 0 Å². The highest BCUT2D eigenvalue weighted by Crippen LogP contribution is 2.27. The van der Waals surface area contributed by atoms with Crippen LogP contribution in [0.15, 0.2) is 103 Å². The van der Waals surface area contributed by atoms with Gasteiger partial charge in [-0.25, -0.2) is 8.42 Å². The smallest absolute Gasteiger partial charge is 0.252 e. The largest absolute Gasteiger partial charge is 0.341 e. The predicted octanol–water partition coefficient (Wildman–Crippen LogP) is 6.13. The van der Waals surface area contributed by atoms with Gasteiger partial charge in [-0.3, -0.25) is 9.10 Å². The number of sulfonamides is 1. The van der Waals surface area contributed by atoms with E-state index in [0.29, 0.717) is 21.8 Å². The Balaban J connectivity index is 1.60. The van der Waals surface area contributed by atoms with Crippen molar-refractivity contribution in [1.29, 1.82) is 0 Å². The van der Waals surface area contributed by atoms with Gasteiger partial charge in [0, 0.05) is 10.6 Å². The summed E-state index contributed by atoms with van der Waals surface area (Å²) in [5, 5.41) is 3.64. The lowest BCUT2D eigenvalue weighted by atomic mass is 9.94. The van der Waals surface area contributed by atoms with E-state index >= 15 is 0 Å². The maximum Gasteiger partial charge on any atom is 0.252 e. The highest BCUT2D eigenvalue weighted by atomic mass is 35.5. The van der Waals surface area contributed by atoms with Crippen molar-refractivity contribution in [2.24, 2.45) is 0 Å². The second-order valence-electron chi connectivity index (χ2n) is 8.58. The molecule has 36 heavy (non-hydrogen) atoms. The molecule has 5 nitrogen and oxygen atoms in total. The molecule has 1 amide bonds. The number of nitrogens with zero attached hydrogens (tertiary/aromatic N) is 1. The Hall–Kier alpha value is -3.61. The number of carbonyl (C=O) groups is 1. The van der Waals surface area contributed by atoms with Crippen LogP contribution in [0.2, 0.25) is 5.02 Å². The van der Waals surface area contributed by atoms with Gasteiger partial charge in [0.15, 0.2) is 0 Å². The first-order valence-corrected chi connectivity index (χ1v) is 13.7. The van der Waals surface area contributed by atoms with E-state index in [2.05, 4.69) is 5.32 Å². The molecule has 1 unspecified atom stereocenters. The van der Waals surface area contributed by atoms with Crippen LogP contribution in [0.4, 0.5) is 5.69 Å². The normalized spacial score (nSPS) is 12.1. The van der Waals surface area contributed by atoms with E-state index in [9.17, 15) is 13.2 Å². The summed E-state index contributed by atoms with van der Waals surface area (Å²) < 4.78 is 26.4. The Labute approximate surface area is 217 Å². The average molecular weight is 519 g/mol. The maximum absolute atomic E-state index is 13.3. The van der Waals surface area contributed by atoms with Crippen molar-refractivity contribution in [2.75, 3.05) is 10.6 Å². The minimum Gasteiger partial charge on any atom is -0.341 e. The molecule has 4 rings (SSSR count). The van der Waals surface area contributed by atoms with Gasteiger partial charge in [-0.05, 0) is 59.5 Å². The highest BCUT2D eigenvalue weighted by Gasteiger charge is 2.22. The molecule has 0 spiro atoms. The van der Waals surface area contributed by atoms with Crippen molar-refractivity contribution >= 4 is 33.2 Å². The second-order valence-corrected chi connectivity index (χ2v) is 10.9. The second kappa shape index (κ2) is 11.0. The van der Waals surface area contributed by atoms with Crippen LogP contribution in [-0.4, -0.2) is 20.6 Å². The molecular formula is C29H27ClN2O3S. The molecule has 4 aromatic rings. The summed E-state index contributed by atoms with van der Waals surface area (Å²) >= 11 is 6.26. The van der Waals surface area contributed by atoms with Crippen LogP contribution in [0.5, 0.6) is 0 Å². The Morgan fingerprint density at radius 1 is 0.861 bits per heavy atom. The Kier molecular flexibility index (Phi) is 7.77. The quantitative estimate of drug-likeness (QED) is 0.305. The molecule has 0 heterocycles. The van der Waals surface area contributed by atoms with Crippen LogP contribution in [0, 0.1) is 6.92 Å². The summed E-state index contributed by atoms with van der Waals surface area (Å²) in [4.78, 5) is 13.3. The van der Waals surface area contributed by atoms with Gasteiger partial charge in [-0.2, -0.15) is 0 Å². The van der Waals surface area contributed by atoms with Crippen molar-refractivity contribution < 1.29 is 13.2 Å². The van der Waals surface area contributed by atoms with Crippen molar-refractivity contribution in [3.05, 3.63) is 136 Å². The fourth-order valence-corrected chi connectivity index (χ4v) is 5.15. The summed E-state index contributed by atoms with van der Waals surface area (Å²) in [6.45, 7) is 2.11. The van der Waals surface area contributed by atoms with Crippen LogP contribution in [-0.2, 0) is 16.6 Å². The highest BCUT2D eigenvalue weighted by molar-refractivity contribution is 7.92. The van der Waals surface area contributed by atoms with E-state index in [1.54, 1.807) is 42.5 Å².